The van der Waals surface area contributed by atoms with Crippen molar-refractivity contribution in [3.05, 3.63) is 69.5 Å². The van der Waals surface area contributed by atoms with Gasteiger partial charge in [-0.25, -0.2) is 9.82 Å². The quantitative estimate of drug-likeness (QED) is 0.629. The highest BCUT2D eigenvalue weighted by Gasteiger charge is 2.07. The molecule has 0 unspecified atom stereocenters. The maximum atomic E-state index is 12.8. The molecule has 124 valence electrons. The fraction of sp³-hybridized carbons (Fsp3) is 0.0625. The van der Waals surface area contributed by atoms with Gasteiger partial charge in [-0.15, -0.1) is 0 Å². The summed E-state index contributed by atoms with van der Waals surface area (Å²) >= 11 is 11.8. The first kappa shape index (κ1) is 17.9. The van der Waals surface area contributed by atoms with E-state index >= 15 is 0 Å². The van der Waals surface area contributed by atoms with E-state index in [0.29, 0.717) is 15.6 Å². The molecular formula is C16H12Cl2FN3O2. The van der Waals surface area contributed by atoms with Crippen molar-refractivity contribution in [2.24, 2.45) is 5.10 Å². The van der Waals surface area contributed by atoms with Crippen LogP contribution in [0, 0.1) is 5.82 Å². The molecule has 2 rings (SSSR count). The smallest absolute Gasteiger partial charge is 0.259 e. The van der Waals surface area contributed by atoms with Gasteiger partial charge < -0.3 is 5.32 Å². The van der Waals surface area contributed by atoms with Crippen LogP contribution in [0.3, 0.4) is 0 Å². The second-order valence-corrected chi connectivity index (χ2v) is 5.41. The van der Waals surface area contributed by atoms with Crippen molar-refractivity contribution in [2.75, 3.05) is 6.54 Å². The van der Waals surface area contributed by atoms with Crippen LogP contribution in [0.2, 0.25) is 10.0 Å². The minimum atomic E-state index is -0.528. The average molecular weight is 368 g/mol. The van der Waals surface area contributed by atoms with Crippen LogP contribution in [-0.2, 0) is 4.79 Å². The molecular weight excluding hydrogens is 356 g/mol. The van der Waals surface area contributed by atoms with E-state index in [0.717, 1.165) is 12.1 Å². The third-order valence-corrected chi connectivity index (χ3v) is 3.72. The maximum Gasteiger partial charge on any atom is 0.259 e. The summed E-state index contributed by atoms with van der Waals surface area (Å²) in [6.45, 7) is -0.281. The van der Waals surface area contributed by atoms with Gasteiger partial charge in [0.15, 0.2) is 0 Å². The van der Waals surface area contributed by atoms with Gasteiger partial charge in [-0.3, -0.25) is 9.59 Å². The average Bonchev–Trinajstić information content (AvgIpc) is 2.57. The molecule has 2 N–H and O–H groups in total. The Morgan fingerprint density at radius 3 is 2.54 bits per heavy atom. The lowest BCUT2D eigenvalue weighted by Crippen LogP contribution is -2.34. The molecule has 0 saturated heterocycles. The van der Waals surface area contributed by atoms with E-state index in [1.54, 1.807) is 18.2 Å². The number of rotatable bonds is 5. The predicted octanol–water partition coefficient (Wildman–Crippen LogP) is 3.01. The van der Waals surface area contributed by atoms with Crippen molar-refractivity contribution in [3.63, 3.8) is 0 Å². The first-order valence-electron chi connectivity index (χ1n) is 6.77. The van der Waals surface area contributed by atoms with Crippen molar-refractivity contribution in [1.82, 2.24) is 10.7 Å². The summed E-state index contributed by atoms with van der Waals surface area (Å²) in [5, 5.41) is 6.82. The minimum absolute atomic E-state index is 0.249. The van der Waals surface area contributed by atoms with Crippen LogP contribution in [0.5, 0.6) is 0 Å². The van der Waals surface area contributed by atoms with E-state index in [9.17, 15) is 14.0 Å². The SMILES string of the molecule is O=C(CNC(=O)c1ccc(F)cc1)N/N=C/c1cccc(Cl)c1Cl. The van der Waals surface area contributed by atoms with Gasteiger partial charge in [0.05, 0.1) is 22.8 Å². The molecule has 0 aliphatic rings. The van der Waals surface area contributed by atoms with Crippen LogP contribution in [-0.4, -0.2) is 24.6 Å². The second kappa shape index (κ2) is 8.42. The van der Waals surface area contributed by atoms with Crippen LogP contribution >= 0.6 is 23.2 Å². The van der Waals surface area contributed by atoms with E-state index < -0.39 is 17.6 Å². The zero-order chi connectivity index (χ0) is 17.5. The Hall–Kier alpha value is -2.44. The molecule has 0 bridgehead atoms. The molecule has 0 aliphatic carbocycles. The highest BCUT2D eigenvalue weighted by atomic mass is 35.5. The summed E-state index contributed by atoms with van der Waals surface area (Å²) in [7, 11) is 0. The number of carbonyl (C=O) groups excluding carboxylic acids is 2. The molecule has 0 aliphatic heterocycles. The van der Waals surface area contributed by atoms with Gasteiger partial charge >= 0.3 is 0 Å². The van der Waals surface area contributed by atoms with Crippen molar-refractivity contribution in [1.29, 1.82) is 0 Å². The molecule has 8 heteroatoms. The van der Waals surface area contributed by atoms with Crippen LogP contribution in [0.15, 0.2) is 47.6 Å². The number of amides is 2. The van der Waals surface area contributed by atoms with Gasteiger partial charge in [-0.05, 0) is 30.3 Å². The zero-order valence-electron chi connectivity index (χ0n) is 12.2. The van der Waals surface area contributed by atoms with Gasteiger partial charge in [-0.2, -0.15) is 5.10 Å². The third-order valence-electron chi connectivity index (χ3n) is 2.89. The normalized spacial score (nSPS) is 10.6. The number of nitrogens with one attached hydrogen (secondary N) is 2. The Kier molecular flexibility index (Phi) is 6.28. The van der Waals surface area contributed by atoms with Crippen LogP contribution < -0.4 is 10.7 Å². The Morgan fingerprint density at radius 2 is 1.83 bits per heavy atom. The fourth-order valence-electron chi connectivity index (χ4n) is 1.70. The first-order valence-corrected chi connectivity index (χ1v) is 7.52. The lowest BCUT2D eigenvalue weighted by Gasteiger charge is -2.04. The van der Waals surface area contributed by atoms with Crippen molar-refractivity contribution in [3.8, 4) is 0 Å². The molecule has 0 atom stereocenters. The van der Waals surface area contributed by atoms with Crippen LogP contribution in [0.1, 0.15) is 15.9 Å². The van der Waals surface area contributed by atoms with E-state index in [1.165, 1.54) is 18.3 Å². The molecule has 0 radical (unpaired) electrons. The van der Waals surface area contributed by atoms with Crippen molar-refractivity contribution in [2.45, 2.75) is 0 Å². The summed E-state index contributed by atoms with van der Waals surface area (Å²) in [6.07, 6.45) is 1.34. The summed E-state index contributed by atoms with van der Waals surface area (Å²) in [6, 6.07) is 9.97. The van der Waals surface area contributed by atoms with Gasteiger partial charge in [0, 0.05) is 11.1 Å². The van der Waals surface area contributed by atoms with Crippen molar-refractivity contribution >= 4 is 41.2 Å². The fourth-order valence-corrected chi connectivity index (χ4v) is 2.05. The molecule has 2 aromatic carbocycles. The van der Waals surface area contributed by atoms with Gasteiger partial charge in [0.25, 0.3) is 11.8 Å². The van der Waals surface area contributed by atoms with Gasteiger partial charge in [0.1, 0.15) is 5.82 Å². The summed E-state index contributed by atoms with van der Waals surface area (Å²) in [5.74, 6) is -1.47. The third kappa shape index (κ3) is 5.04. The minimum Gasteiger partial charge on any atom is -0.343 e. The Morgan fingerprint density at radius 1 is 1.12 bits per heavy atom. The molecule has 2 aromatic rings. The van der Waals surface area contributed by atoms with E-state index in [1.807, 2.05) is 0 Å². The standard InChI is InChI=1S/C16H12Cl2FN3O2/c17-13-3-1-2-11(15(13)18)8-21-22-14(23)9-20-16(24)10-4-6-12(19)7-5-10/h1-8H,9H2,(H,20,24)(H,22,23)/b21-8+. The Balaban J connectivity index is 1.83. The molecule has 0 spiro atoms. The van der Waals surface area contributed by atoms with Crippen LogP contribution in [0.25, 0.3) is 0 Å². The summed E-state index contributed by atoms with van der Waals surface area (Å²) < 4.78 is 12.8. The molecule has 2 amide bonds. The first-order chi connectivity index (χ1) is 11.5. The maximum absolute atomic E-state index is 12.8. The highest BCUT2D eigenvalue weighted by molar-refractivity contribution is 6.43. The van der Waals surface area contributed by atoms with Crippen LogP contribution in [0.4, 0.5) is 4.39 Å². The molecule has 0 fully saturated rings. The summed E-state index contributed by atoms with van der Waals surface area (Å²) in [5.41, 5.74) is 3.04. The van der Waals surface area contributed by atoms with Crippen molar-refractivity contribution < 1.29 is 14.0 Å². The number of hydrazone groups is 1. The molecule has 0 heterocycles. The number of hydrogen-bond acceptors (Lipinski definition) is 3. The lowest BCUT2D eigenvalue weighted by molar-refractivity contribution is -0.120. The summed E-state index contributed by atoms with van der Waals surface area (Å²) in [4.78, 5) is 23.4. The topological polar surface area (TPSA) is 70.6 Å². The lowest BCUT2D eigenvalue weighted by atomic mass is 10.2. The predicted molar refractivity (Wildman–Crippen MR) is 90.9 cm³/mol. The highest BCUT2D eigenvalue weighted by Crippen LogP contribution is 2.23. The molecule has 0 saturated carbocycles. The Labute approximate surface area is 147 Å². The largest absolute Gasteiger partial charge is 0.343 e. The molecule has 0 aromatic heterocycles. The molecule has 24 heavy (non-hydrogen) atoms. The monoisotopic (exact) mass is 367 g/mol. The second-order valence-electron chi connectivity index (χ2n) is 4.63. The number of nitrogens with zero attached hydrogens (tertiary/aromatic N) is 1. The van der Waals surface area contributed by atoms with E-state index in [4.69, 9.17) is 23.2 Å². The van der Waals surface area contributed by atoms with Gasteiger partial charge in [0.2, 0.25) is 0 Å². The zero-order valence-corrected chi connectivity index (χ0v) is 13.7. The van der Waals surface area contributed by atoms with E-state index in [2.05, 4.69) is 15.8 Å². The number of hydrogen-bond donors (Lipinski definition) is 2. The number of carbonyl (C=O) groups is 2. The molecule has 5 nitrogen and oxygen atoms in total. The Bertz CT molecular complexity index is 779. The van der Waals surface area contributed by atoms with Gasteiger partial charge in [-0.1, -0.05) is 35.3 Å². The number of benzene rings is 2. The number of halogens is 3. The van der Waals surface area contributed by atoms with E-state index in [-0.39, 0.29) is 12.1 Å².